The first-order valence-corrected chi connectivity index (χ1v) is 8.12. The van der Waals surface area contributed by atoms with E-state index >= 15 is 0 Å². The number of hydrogen-bond acceptors (Lipinski definition) is 2. The SMILES string of the molecule is Cc1ccc(OCC(=O)NCCc2cn(C)c3ccccc23)cc1. The molecule has 4 heteroatoms. The highest BCUT2D eigenvalue weighted by atomic mass is 16.5. The summed E-state index contributed by atoms with van der Waals surface area (Å²) in [5.41, 5.74) is 3.62. The number of aryl methyl sites for hydroxylation is 2. The van der Waals surface area contributed by atoms with E-state index in [1.165, 1.54) is 22.0 Å². The van der Waals surface area contributed by atoms with Crippen molar-refractivity contribution in [2.45, 2.75) is 13.3 Å². The smallest absolute Gasteiger partial charge is 0.257 e. The van der Waals surface area contributed by atoms with Crippen LogP contribution in [0.25, 0.3) is 10.9 Å². The highest BCUT2D eigenvalue weighted by Crippen LogP contribution is 2.20. The zero-order valence-corrected chi connectivity index (χ0v) is 14.1. The molecule has 0 aliphatic heterocycles. The summed E-state index contributed by atoms with van der Waals surface area (Å²) in [5.74, 6) is 0.612. The van der Waals surface area contributed by atoms with Crippen molar-refractivity contribution in [2.24, 2.45) is 7.05 Å². The Morgan fingerprint density at radius 3 is 2.67 bits per heavy atom. The van der Waals surface area contributed by atoms with Gasteiger partial charge in [-0.05, 0) is 37.1 Å². The standard InChI is InChI=1S/C20H22N2O2/c1-15-7-9-17(10-8-15)24-14-20(23)21-12-11-16-13-22(2)19-6-4-3-5-18(16)19/h3-10,13H,11-12,14H2,1-2H3,(H,21,23). The molecule has 0 aliphatic carbocycles. The molecule has 0 saturated heterocycles. The molecule has 1 aromatic heterocycles. The molecule has 1 amide bonds. The average molecular weight is 322 g/mol. The van der Waals surface area contributed by atoms with Gasteiger partial charge in [-0.3, -0.25) is 4.79 Å². The second-order valence-electron chi connectivity index (χ2n) is 5.98. The second-order valence-corrected chi connectivity index (χ2v) is 5.98. The Bertz CT molecular complexity index is 834. The molecule has 0 aliphatic rings. The molecular weight excluding hydrogens is 300 g/mol. The maximum absolute atomic E-state index is 11.9. The van der Waals surface area contributed by atoms with E-state index in [2.05, 4.69) is 28.2 Å². The minimum atomic E-state index is -0.101. The number of ether oxygens (including phenoxy) is 1. The summed E-state index contributed by atoms with van der Waals surface area (Å²) in [7, 11) is 2.04. The zero-order valence-electron chi connectivity index (χ0n) is 14.1. The average Bonchev–Trinajstić information content (AvgIpc) is 2.91. The van der Waals surface area contributed by atoms with E-state index in [0.717, 1.165) is 6.42 Å². The number of fused-ring (bicyclic) bond motifs is 1. The van der Waals surface area contributed by atoms with Crippen molar-refractivity contribution in [3.05, 3.63) is 65.9 Å². The van der Waals surface area contributed by atoms with Crippen LogP contribution in [0.1, 0.15) is 11.1 Å². The van der Waals surface area contributed by atoms with Crippen molar-refractivity contribution in [3.8, 4) is 5.75 Å². The van der Waals surface area contributed by atoms with Crippen LogP contribution in [-0.4, -0.2) is 23.6 Å². The molecule has 3 rings (SSSR count). The number of carbonyl (C=O) groups excluding carboxylic acids is 1. The monoisotopic (exact) mass is 322 g/mol. The molecule has 1 N–H and O–H groups in total. The fraction of sp³-hybridized carbons (Fsp3) is 0.250. The van der Waals surface area contributed by atoms with Gasteiger partial charge >= 0.3 is 0 Å². The predicted molar refractivity (Wildman–Crippen MR) is 96.3 cm³/mol. The number of para-hydroxylation sites is 1. The Morgan fingerprint density at radius 2 is 1.88 bits per heavy atom. The lowest BCUT2D eigenvalue weighted by Gasteiger charge is -2.07. The van der Waals surface area contributed by atoms with E-state index in [0.29, 0.717) is 12.3 Å². The van der Waals surface area contributed by atoms with Crippen molar-refractivity contribution in [1.29, 1.82) is 0 Å². The number of amides is 1. The van der Waals surface area contributed by atoms with Crippen LogP contribution >= 0.6 is 0 Å². The van der Waals surface area contributed by atoms with Gasteiger partial charge in [0.1, 0.15) is 5.75 Å². The fourth-order valence-corrected chi connectivity index (χ4v) is 2.80. The van der Waals surface area contributed by atoms with Crippen LogP contribution in [0.2, 0.25) is 0 Å². The summed E-state index contributed by atoms with van der Waals surface area (Å²) in [4.78, 5) is 11.9. The van der Waals surface area contributed by atoms with Crippen LogP contribution in [0.3, 0.4) is 0 Å². The van der Waals surface area contributed by atoms with Crippen LogP contribution in [0.5, 0.6) is 5.75 Å². The summed E-state index contributed by atoms with van der Waals surface area (Å²) in [6.07, 6.45) is 2.93. The van der Waals surface area contributed by atoms with E-state index in [9.17, 15) is 4.79 Å². The number of benzene rings is 2. The van der Waals surface area contributed by atoms with Gasteiger partial charge in [-0.2, -0.15) is 0 Å². The van der Waals surface area contributed by atoms with Gasteiger partial charge in [0, 0.05) is 30.7 Å². The van der Waals surface area contributed by atoms with Gasteiger partial charge in [0.25, 0.3) is 5.91 Å². The van der Waals surface area contributed by atoms with Gasteiger partial charge in [-0.15, -0.1) is 0 Å². The number of aromatic nitrogens is 1. The van der Waals surface area contributed by atoms with E-state index in [1.54, 1.807) is 0 Å². The Hall–Kier alpha value is -2.75. The van der Waals surface area contributed by atoms with Crippen LogP contribution in [0.15, 0.2) is 54.7 Å². The normalized spacial score (nSPS) is 10.8. The minimum Gasteiger partial charge on any atom is -0.484 e. The molecule has 0 spiro atoms. The first-order chi connectivity index (χ1) is 11.6. The Kier molecular flexibility index (Phi) is 4.85. The molecule has 0 saturated carbocycles. The maximum atomic E-state index is 11.9. The van der Waals surface area contributed by atoms with Gasteiger partial charge in [-0.1, -0.05) is 35.9 Å². The van der Waals surface area contributed by atoms with E-state index in [1.807, 2.05) is 50.4 Å². The first-order valence-electron chi connectivity index (χ1n) is 8.12. The van der Waals surface area contributed by atoms with Crippen LogP contribution in [0.4, 0.5) is 0 Å². The van der Waals surface area contributed by atoms with Crippen molar-refractivity contribution < 1.29 is 9.53 Å². The molecule has 0 unspecified atom stereocenters. The van der Waals surface area contributed by atoms with Gasteiger partial charge in [0.2, 0.25) is 0 Å². The third-order valence-electron chi connectivity index (χ3n) is 4.09. The number of hydrogen-bond donors (Lipinski definition) is 1. The topological polar surface area (TPSA) is 43.3 Å². The molecule has 2 aromatic carbocycles. The zero-order chi connectivity index (χ0) is 16.9. The molecular formula is C20H22N2O2. The molecule has 4 nitrogen and oxygen atoms in total. The van der Waals surface area contributed by atoms with Crippen molar-refractivity contribution in [1.82, 2.24) is 9.88 Å². The summed E-state index contributed by atoms with van der Waals surface area (Å²) >= 11 is 0. The Morgan fingerprint density at radius 1 is 1.12 bits per heavy atom. The second kappa shape index (κ2) is 7.21. The number of nitrogens with zero attached hydrogens (tertiary/aromatic N) is 1. The molecule has 24 heavy (non-hydrogen) atoms. The molecule has 124 valence electrons. The van der Waals surface area contributed by atoms with Crippen molar-refractivity contribution >= 4 is 16.8 Å². The molecule has 3 aromatic rings. The number of nitrogens with one attached hydrogen (secondary N) is 1. The van der Waals surface area contributed by atoms with Crippen LogP contribution < -0.4 is 10.1 Å². The largest absolute Gasteiger partial charge is 0.484 e. The van der Waals surface area contributed by atoms with E-state index in [-0.39, 0.29) is 12.5 Å². The summed E-state index contributed by atoms with van der Waals surface area (Å²) in [6.45, 7) is 2.66. The molecule has 0 atom stereocenters. The Balaban J connectivity index is 1.48. The van der Waals surface area contributed by atoms with Crippen LogP contribution in [-0.2, 0) is 18.3 Å². The maximum Gasteiger partial charge on any atom is 0.257 e. The van der Waals surface area contributed by atoms with Gasteiger partial charge in [0.05, 0.1) is 0 Å². The highest BCUT2D eigenvalue weighted by molar-refractivity contribution is 5.84. The highest BCUT2D eigenvalue weighted by Gasteiger charge is 2.07. The summed E-state index contributed by atoms with van der Waals surface area (Å²) in [5, 5.41) is 4.15. The quantitative estimate of drug-likeness (QED) is 0.757. The van der Waals surface area contributed by atoms with Gasteiger partial charge in [-0.25, -0.2) is 0 Å². The molecule has 1 heterocycles. The number of rotatable bonds is 6. The predicted octanol–water partition coefficient (Wildman–Crippen LogP) is 3.22. The third-order valence-corrected chi connectivity index (χ3v) is 4.09. The third kappa shape index (κ3) is 3.77. The molecule has 0 fully saturated rings. The van der Waals surface area contributed by atoms with Gasteiger partial charge < -0.3 is 14.6 Å². The van der Waals surface area contributed by atoms with E-state index < -0.39 is 0 Å². The summed E-state index contributed by atoms with van der Waals surface area (Å²) < 4.78 is 7.60. The van der Waals surface area contributed by atoms with Crippen molar-refractivity contribution in [2.75, 3.05) is 13.2 Å². The lowest BCUT2D eigenvalue weighted by Crippen LogP contribution is -2.30. The Labute approximate surface area is 142 Å². The lowest BCUT2D eigenvalue weighted by molar-refractivity contribution is -0.123. The first kappa shape index (κ1) is 16.1. The van der Waals surface area contributed by atoms with E-state index in [4.69, 9.17) is 4.74 Å². The van der Waals surface area contributed by atoms with Crippen molar-refractivity contribution in [3.63, 3.8) is 0 Å². The van der Waals surface area contributed by atoms with Crippen LogP contribution in [0, 0.1) is 6.92 Å². The minimum absolute atomic E-state index is 0.0403. The molecule has 0 radical (unpaired) electrons. The fourth-order valence-electron chi connectivity index (χ4n) is 2.80. The molecule has 0 bridgehead atoms. The number of carbonyl (C=O) groups is 1. The van der Waals surface area contributed by atoms with Gasteiger partial charge in [0.15, 0.2) is 6.61 Å². The summed E-state index contributed by atoms with van der Waals surface area (Å²) in [6, 6.07) is 16.0. The lowest BCUT2D eigenvalue weighted by atomic mass is 10.1.